The monoisotopic (exact) mass is 344 g/mol. The maximum atomic E-state index is 12.3. The molecule has 1 heterocycles. The third-order valence-corrected chi connectivity index (χ3v) is 4.41. The maximum absolute atomic E-state index is 12.3. The van der Waals surface area contributed by atoms with Crippen molar-refractivity contribution in [1.82, 2.24) is 5.32 Å². The molecule has 0 radical (unpaired) electrons. The smallest absolute Gasteiger partial charge is 0.291 e. The molecule has 2 rings (SSSR count). The Kier molecular flexibility index (Phi) is 5.98. The molecule has 0 aliphatic carbocycles. The first kappa shape index (κ1) is 18.7. The summed E-state index contributed by atoms with van der Waals surface area (Å²) in [5.74, 6) is -0.439. The molecular formula is C19H24N2O4. The van der Waals surface area contributed by atoms with Crippen molar-refractivity contribution in [3.8, 4) is 0 Å². The van der Waals surface area contributed by atoms with Gasteiger partial charge in [0, 0.05) is 17.8 Å². The molecule has 2 aromatic rings. The number of benzene rings is 1. The predicted octanol–water partition coefficient (Wildman–Crippen LogP) is 3.06. The first-order valence-corrected chi connectivity index (χ1v) is 8.29. The maximum Gasteiger partial charge on any atom is 0.291 e. The molecule has 1 aromatic heterocycles. The molecule has 0 aliphatic heterocycles. The molecule has 0 aliphatic rings. The van der Waals surface area contributed by atoms with Gasteiger partial charge >= 0.3 is 0 Å². The Morgan fingerprint density at radius 1 is 1.24 bits per heavy atom. The van der Waals surface area contributed by atoms with E-state index in [0.29, 0.717) is 11.3 Å². The number of aliphatic hydroxyl groups is 1. The van der Waals surface area contributed by atoms with E-state index in [0.717, 1.165) is 6.42 Å². The summed E-state index contributed by atoms with van der Waals surface area (Å²) in [6, 6.07) is 9.78. The van der Waals surface area contributed by atoms with E-state index < -0.39 is 5.60 Å². The summed E-state index contributed by atoms with van der Waals surface area (Å²) in [7, 11) is 0. The molecule has 0 fully saturated rings. The van der Waals surface area contributed by atoms with Crippen molar-refractivity contribution in [2.75, 3.05) is 11.9 Å². The summed E-state index contributed by atoms with van der Waals surface area (Å²) in [6.45, 7) is 5.80. The van der Waals surface area contributed by atoms with Gasteiger partial charge in [0.2, 0.25) is 0 Å². The van der Waals surface area contributed by atoms with Crippen molar-refractivity contribution in [1.29, 1.82) is 0 Å². The van der Waals surface area contributed by atoms with Crippen molar-refractivity contribution < 1.29 is 19.1 Å². The van der Waals surface area contributed by atoms with Crippen molar-refractivity contribution >= 4 is 17.5 Å². The summed E-state index contributed by atoms with van der Waals surface area (Å²) >= 11 is 0. The van der Waals surface area contributed by atoms with E-state index in [-0.39, 0.29) is 30.0 Å². The number of carbonyl (C=O) groups is 2. The molecule has 6 heteroatoms. The van der Waals surface area contributed by atoms with E-state index in [2.05, 4.69) is 10.6 Å². The van der Waals surface area contributed by atoms with Gasteiger partial charge in [-0.2, -0.15) is 0 Å². The quantitative estimate of drug-likeness (QED) is 0.720. The lowest BCUT2D eigenvalue weighted by molar-refractivity contribution is 0.00593. The molecule has 6 nitrogen and oxygen atoms in total. The fourth-order valence-corrected chi connectivity index (χ4v) is 2.31. The lowest BCUT2D eigenvalue weighted by atomic mass is 9.88. The van der Waals surface area contributed by atoms with E-state index >= 15 is 0 Å². The number of carbonyl (C=O) groups excluding carboxylic acids is 2. The van der Waals surface area contributed by atoms with Gasteiger partial charge in [0.25, 0.3) is 11.8 Å². The lowest BCUT2D eigenvalue weighted by Gasteiger charge is -2.29. The Morgan fingerprint density at radius 2 is 2.00 bits per heavy atom. The van der Waals surface area contributed by atoms with Crippen LogP contribution in [0.15, 0.2) is 47.1 Å². The minimum Gasteiger partial charge on any atom is -0.459 e. The zero-order valence-electron chi connectivity index (χ0n) is 14.7. The highest BCUT2D eigenvalue weighted by Crippen LogP contribution is 2.19. The average Bonchev–Trinajstić information content (AvgIpc) is 3.14. The Balaban J connectivity index is 2.00. The fraction of sp³-hybridized carbons (Fsp3) is 0.368. The second-order valence-corrected chi connectivity index (χ2v) is 6.36. The summed E-state index contributed by atoms with van der Waals surface area (Å²) in [6.07, 6.45) is 2.24. The van der Waals surface area contributed by atoms with Crippen LogP contribution in [-0.2, 0) is 0 Å². The van der Waals surface area contributed by atoms with E-state index in [1.165, 1.54) is 6.26 Å². The lowest BCUT2D eigenvalue weighted by Crippen LogP contribution is -2.45. The van der Waals surface area contributed by atoms with Gasteiger partial charge in [0.15, 0.2) is 5.76 Å². The predicted molar refractivity (Wildman–Crippen MR) is 95.5 cm³/mol. The number of nitrogens with one attached hydrogen (secondary N) is 2. The van der Waals surface area contributed by atoms with Crippen LogP contribution in [0.4, 0.5) is 5.69 Å². The Hall–Kier alpha value is -2.60. The zero-order valence-corrected chi connectivity index (χ0v) is 14.7. The minimum atomic E-state index is -0.977. The van der Waals surface area contributed by atoms with Crippen LogP contribution in [0.1, 0.15) is 48.1 Å². The molecule has 0 saturated heterocycles. The highest BCUT2D eigenvalue weighted by Gasteiger charge is 2.27. The molecule has 0 saturated carbocycles. The first-order chi connectivity index (χ1) is 11.8. The minimum absolute atomic E-state index is 0.0618. The SMILES string of the molecule is CCC(C)C(C)(O)CNC(=O)c1cccc(NC(=O)c2ccco2)c1. The van der Waals surface area contributed by atoms with Crippen LogP contribution < -0.4 is 10.6 Å². The van der Waals surface area contributed by atoms with Gasteiger partial charge in [-0.1, -0.05) is 26.3 Å². The van der Waals surface area contributed by atoms with Gasteiger partial charge in [-0.05, 0) is 43.2 Å². The number of hydrogen-bond donors (Lipinski definition) is 3. The molecule has 2 unspecified atom stereocenters. The Morgan fingerprint density at radius 3 is 2.64 bits per heavy atom. The second-order valence-electron chi connectivity index (χ2n) is 6.36. The Bertz CT molecular complexity index is 723. The second kappa shape index (κ2) is 7.98. The standard InChI is InChI=1S/C19H24N2O4/c1-4-13(2)19(3,24)12-20-17(22)14-7-5-8-15(11-14)21-18(23)16-9-6-10-25-16/h5-11,13,24H,4,12H2,1-3H3,(H,20,22)(H,21,23). The van der Waals surface area contributed by atoms with E-state index in [1.807, 2.05) is 13.8 Å². The number of amides is 2. The van der Waals surface area contributed by atoms with Crippen molar-refractivity contribution in [2.45, 2.75) is 32.8 Å². The highest BCUT2D eigenvalue weighted by atomic mass is 16.3. The van der Waals surface area contributed by atoms with Gasteiger partial charge in [-0.25, -0.2) is 0 Å². The van der Waals surface area contributed by atoms with Crippen LogP contribution in [0.3, 0.4) is 0 Å². The van der Waals surface area contributed by atoms with Crippen LogP contribution in [0.5, 0.6) is 0 Å². The van der Waals surface area contributed by atoms with Gasteiger partial charge < -0.3 is 20.2 Å². The van der Waals surface area contributed by atoms with Crippen LogP contribution in [-0.4, -0.2) is 29.1 Å². The van der Waals surface area contributed by atoms with Crippen molar-refractivity contribution in [3.05, 3.63) is 54.0 Å². The molecular weight excluding hydrogens is 320 g/mol. The summed E-state index contributed by atoms with van der Waals surface area (Å²) in [4.78, 5) is 24.3. The topological polar surface area (TPSA) is 91.6 Å². The molecule has 2 amide bonds. The third kappa shape index (κ3) is 4.93. The highest BCUT2D eigenvalue weighted by molar-refractivity contribution is 6.03. The van der Waals surface area contributed by atoms with Gasteiger partial charge in [0.1, 0.15) is 0 Å². The molecule has 3 N–H and O–H groups in total. The van der Waals surface area contributed by atoms with Crippen LogP contribution in [0.25, 0.3) is 0 Å². The summed E-state index contributed by atoms with van der Waals surface area (Å²) in [5.41, 5.74) is -0.0878. The van der Waals surface area contributed by atoms with Crippen LogP contribution in [0, 0.1) is 5.92 Å². The van der Waals surface area contributed by atoms with E-state index in [9.17, 15) is 14.7 Å². The third-order valence-electron chi connectivity index (χ3n) is 4.41. The molecule has 2 atom stereocenters. The number of hydrogen-bond acceptors (Lipinski definition) is 4. The number of furan rings is 1. The molecule has 0 bridgehead atoms. The van der Waals surface area contributed by atoms with Gasteiger partial charge in [-0.3, -0.25) is 9.59 Å². The number of rotatable bonds is 7. The first-order valence-electron chi connectivity index (χ1n) is 8.29. The zero-order chi connectivity index (χ0) is 18.4. The average molecular weight is 344 g/mol. The van der Waals surface area contributed by atoms with Crippen molar-refractivity contribution in [2.24, 2.45) is 5.92 Å². The number of anilines is 1. The van der Waals surface area contributed by atoms with Crippen LogP contribution in [0.2, 0.25) is 0 Å². The van der Waals surface area contributed by atoms with Gasteiger partial charge in [0.05, 0.1) is 11.9 Å². The largest absolute Gasteiger partial charge is 0.459 e. The molecule has 25 heavy (non-hydrogen) atoms. The van der Waals surface area contributed by atoms with Crippen LogP contribution >= 0.6 is 0 Å². The summed E-state index contributed by atoms with van der Waals surface area (Å²) < 4.78 is 5.04. The fourth-order valence-electron chi connectivity index (χ4n) is 2.31. The normalized spacial score (nSPS) is 14.4. The molecule has 134 valence electrons. The summed E-state index contributed by atoms with van der Waals surface area (Å²) in [5, 5.41) is 15.8. The van der Waals surface area contributed by atoms with Gasteiger partial charge in [-0.15, -0.1) is 0 Å². The van der Waals surface area contributed by atoms with E-state index in [4.69, 9.17) is 4.42 Å². The molecule has 0 spiro atoms. The van der Waals surface area contributed by atoms with E-state index in [1.54, 1.807) is 43.3 Å². The van der Waals surface area contributed by atoms with Crippen molar-refractivity contribution in [3.63, 3.8) is 0 Å². The Labute approximate surface area is 147 Å². The molecule has 1 aromatic carbocycles.